The molecular formula is C13H26O6Si. The first-order chi connectivity index (χ1) is 9.73. The molecule has 2 rings (SSSR count). The average Bonchev–Trinajstić information content (AvgIpc) is 2.54. The number of hydrogen-bond donors (Lipinski definition) is 0. The zero-order chi connectivity index (χ0) is 14.3. The fourth-order valence-corrected chi connectivity index (χ4v) is 4.64. The molecule has 2 bridgehead atoms. The summed E-state index contributed by atoms with van der Waals surface area (Å²) >= 11 is 0. The van der Waals surface area contributed by atoms with E-state index >= 15 is 0 Å². The van der Waals surface area contributed by atoms with Crippen LogP contribution >= 0.6 is 0 Å². The van der Waals surface area contributed by atoms with Crippen molar-refractivity contribution in [3.63, 3.8) is 0 Å². The molecule has 0 N–H and O–H groups in total. The van der Waals surface area contributed by atoms with E-state index in [0.29, 0.717) is 52.9 Å². The molecule has 2 heterocycles. The van der Waals surface area contributed by atoms with Crippen LogP contribution in [0.5, 0.6) is 0 Å². The standard InChI is InChI=1S/C13H26O6Si/c1-12(2)20-17-4-3-13(16-8-10-19-20)11-15-6-5-14-7-9-18-20/h12-13H,3-11H2,1-2H3. The number of rotatable bonds is 1. The van der Waals surface area contributed by atoms with Crippen molar-refractivity contribution in [2.24, 2.45) is 0 Å². The predicted octanol–water partition coefficient (Wildman–Crippen LogP) is 1.22. The Balaban J connectivity index is 2.05. The van der Waals surface area contributed by atoms with Crippen LogP contribution in [0.1, 0.15) is 20.3 Å². The second-order valence-corrected chi connectivity index (χ2v) is 8.50. The third-order valence-electron chi connectivity index (χ3n) is 3.40. The van der Waals surface area contributed by atoms with Gasteiger partial charge >= 0.3 is 8.80 Å². The Labute approximate surface area is 122 Å². The van der Waals surface area contributed by atoms with Crippen molar-refractivity contribution in [2.45, 2.75) is 31.9 Å². The quantitative estimate of drug-likeness (QED) is 0.679. The zero-order valence-corrected chi connectivity index (χ0v) is 13.5. The van der Waals surface area contributed by atoms with E-state index < -0.39 is 8.80 Å². The third-order valence-corrected chi connectivity index (χ3v) is 6.63. The summed E-state index contributed by atoms with van der Waals surface area (Å²) in [6, 6.07) is 0. The molecular weight excluding hydrogens is 280 g/mol. The van der Waals surface area contributed by atoms with E-state index in [-0.39, 0.29) is 11.6 Å². The summed E-state index contributed by atoms with van der Waals surface area (Å²) < 4.78 is 34.8. The molecule has 0 spiro atoms. The van der Waals surface area contributed by atoms with Crippen LogP contribution in [0.25, 0.3) is 0 Å². The molecule has 0 aromatic rings. The van der Waals surface area contributed by atoms with E-state index in [1.165, 1.54) is 0 Å². The molecule has 20 heavy (non-hydrogen) atoms. The fourth-order valence-electron chi connectivity index (χ4n) is 2.25. The van der Waals surface area contributed by atoms with Crippen molar-refractivity contribution in [2.75, 3.05) is 52.9 Å². The van der Waals surface area contributed by atoms with Crippen LogP contribution in [0, 0.1) is 0 Å². The van der Waals surface area contributed by atoms with Gasteiger partial charge in [0.05, 0.1) is 52.4 Å². The van der Waals surface area contributed by atoms with Gasteiger partial charge in [-0.1, -0.05) is 13.8 Å². The van der Waals surface area contributed by atoms with Gasteiger partial charge in [0, 0.05) is 12.1 Å². The summed E-state index contributed by atoms with van der Waals surface area (Å²) in [7, 11) is -2.65. The van der Waals surface area contributed by atoms with E-state index in [2.05, 4.69) is 13.8 Å². The smallest absolute Gasteiger partial charge is 0.377 e. The maximum absolute atomic E-state index is 6.06. The van der Waals surface area contributed by atoms with Gasteiger partial charge in [-0.05, 0) is 6.42 Å². The van der Waals surface area contributed by atoms with Gasteiger partial charge in [-0.15, -0.1) is 0 Å². The first-order valence-corrected chi connectivity index (χ1v) is 9.22. The zero-order valence-electron chi connectivity index (χ0n) is 12.5. The third kappa shape index (κ3) is 4.76. The van der Waals surface area contributed by atoms with Crippen LogP contribution in [-0.4, -0.2) is 67.8 Å². The highest BCUT2D eigenvalue weighted by Crippen LogP contribution is 2.26. The van der Waals surface area contributed by atoms with Gasteiger partial charge in [0.25, 0.3) is 0 Å². The topological polar surface area (TPSA) is 55.4 Å². The average molecular weight is 306 g/mol. The summed E-state index contributed by atoms with van der Waals surface area (Å²) in [5.41, 5.74) is 0.223. The molecule has 0 amide bonds. The Hall–Kier alpha value is -0.0231. The molecule has 7 heteroatoms. The minimum absolute atomic E-state index is 0.0521. The molecule has 2 atom stereocenters. The number of ether oxygens (including phenoxy) is 3. The van der Waals surface area contributed by atoms with Gasteiger partial charge in [0.1, 0.15) is 0 Å². The predicted molar refractivity (Wildman–Crippen MR) is 74.7 cm³/mol. The van der Waals surface area contributed by atoms with E-state index in [4.69, 9.17) is 27.5 Å². The van der Waals surface area contributed by atoms with Crippen LogP contribution in [0.2, 0.25) is 5.54 Å². The van der Waals surface area contributed by atoms with Gasteiger partial charge in [0.15, 0.2) is 0 Å². The van der Waals surface area contributed by atoms with Gasteiger partial charge in [-0.2, -0.15) is 0 Å². The Kier molecular flexibility index (Phi) is 6.89. The SMILES string of the molecule is CC(C)[Si]12OCCOCCOCC(CCO1)OCCO2. The van der Waals surface area contributed by atoms with Crippen LogP contribution in [-0.2, 0) is 27.5 Å². The second-order valence-electron chi connectivity index (χ2n) is 5.27. The van der Waals surface area contributed by atoms with Crippen molar-refractivity contribution in [1.29, 1.82) is 0 Å². The highest BCUT2D eigenvalue weighted by Gasteiger charge is 2.45. The molecule has 2 aliphatic heterocycles. The molecule has 0 saturated carbocycles. The lowest BCUT2D eigenvalue weighted by Gasteiger charge is -2.32. The minimum atomic E-state index is -2.65. The molecule has 2 aliphatic rings. The van der Waals surface area contributed by atoms with Crippen LogP contribution in [0.15, 0.2) is 0 Å². The first kappa shape index (κ1) is 16.3. The Morgan fingerprint density at radius 2 is 1.45 bits per heavy atom. The Morgan fingerprint density at radius 1 is 0.800 bits per heavy atom. The van der Waals surface area contributed by atoms with E-state index in [0.717, 1.165) is 6.42 Å². The summed E-state index contributed by atoms with van der Waals surface area (Å²) in [5.74, 6) is 0. The minimum Gasteiger partial charge on any atom is -0.377 e. The van der Waals surface area contributed by atoms with Crippen molar-refractivity contribution in [3.8, 4) is 0 Å². The van der Waals surface area contributed by atoms with Gasteiger partial charge < -0.3 is 27.5 Å². The van der Waals surface area contributed by atoms with Crippen LogP contribution < -0.4 is 0 Å². The lowest BCUT2D eigenvalue weighted by atomic mass is 10.3. The molecule has 0 aromatic carbocycles. The van der Waals surface area contributed by atoms with E-state index in [1.54, 1.807) is 0 Å². The fraction of sp³-hybridized carbons (Fsp3) is 1.00. The highest BCUT2D eigenvalue weighted by molar-refractivity contribution is 6.62. The van der Waals surface area contributed by atoms with Crippen molar-refractivity contribution < 1.29 is 27.5 Å². The lowest BCUT2D eigenvalue weighted by Crippen LogP contribution is -2.50. The molecule has 2 fully saturated rings. The first-order valence-electron chi connectivity index (χ1n) is 7.42. The van der Waals surface area contributed by atoms with Crippen LogP contribution in [0.3, 0.4) is 0 Å². The molecule has 2 unspecified atom stereocenters. The largest absolute Gasteiger partial charge is 0.503 e. The Bertz CT molecular complexity index is 278. The summed E-state index contributed by atoms with van der Waals surface area (Å²) in [6.45, 7) is 8.59. The maximum Gasteiger partial charge on any atom is 0.503 e. The van der Waals surface area contributed by atoms with E-state index in [9.17, 15) is 0 Å². The van der Waals surface area contributed by atoms with Crippen LogP contribution in [0.4, 0.5) is 0 Å². The normalized spacial score (nSPS) is 34.6. The summed E-state index contributed by atoms with van der Waals surface area (Å²) in [4.78, 5) is 0. The molecule has 6 nitrogen and oxygen atoms in total. The van der Waals surface area contributed by atoms with E-state index in [1.807, 2.05) is 0 Å². The molecule has 2 saturated heterocycles. The second kappa shape index (κ2) is 8.43. The van der Waals surface area contributed by atoms with Gasteiger partial charge in [0.2, 0.25) is 0 Å². The summed E-state index contributed by atoms with van der Waals surface area (Å²) in [5, 5.41) is 0. The molecule has 0 aromatic heterocycles. The number of hydrogen-bond acceptors (Lipinski definition) is 6. The van der Waals surface area contributed by atoms with Crippen molar-refractivity contribution in [3.05, 3.63) is 0 Å². The number of fused-ring (bicyclic) bond motifs is 4. The molecule has 118 valence electrons. The molecule has 0 aliphatic carbocycles. The van der Waals surface area contributed by atoms with Gasteiger partial charge in [-0.3, -0.25) is 0 Å². The summed E-state index contributed by atoms with van der Waals surface area (Å²) in [6.07, 6.45) is 0.853. The maximum atomic E-state index is 6.06. The van der Waals surface area contributed by atoms with Crippen molar-refractivity contribution >= 4 is 8.80 Å². The molecule has 0 radical (unpaired) electrons. The lowest BCUT2D eigenvalue weighted by molar-refractivity contribution is -0.0458. The monoisotopic (exact) mass is 306 g/mol. The Morgan fingerprint density at radius 3 is 2.25 bits per heavy atom. The van der Waals surface area contributed by atoms with Crippen molar-refractivity contribution in [1.82, 2.24) is 0 Å². The highest BCUT2D eigenvalue weighted by atomic mass is 28.4. The van der Waals surface area contributed by atoms with Gasteiger partial charge in [-0.25, -0.2) is 0 Å².